The van der Waals surface area contributed by atoms with Gasteiger partial charge in [0, 0.05) is 19.3 Å². The second kappa shape index (κ2) is 6.20. The smallest absolute Gasteiger partial charge is 0.296 e. The predicted octanol–water partition coefficient (Wildman–Crippen LogP) is 3.24. The quantitative estimate of drug-likeness (QED) is 0.785. The number of oxazole rings is 1. The Bertz CT molecular complexity index is 841. The van der Waals surface area contributed by atoms with Gasteiger partial charge in [0.15, 0.2) is 11.4 Å². The largest absolute Gasteiger partial charge is 0.424 e. The average Bonchev–Trinajstić information content (AvgIpc) is 3.18. The van der Waals surface area contributed by atoms with E-state index < -0.39 is 0 Å². The zero-order chi connectivity index (χ0) is 16.5. The third kappa shape index (κ3) is 2.96. The fourth-order valence-corrected chi connectivity index (χ4v) is 2.97. The molecule has 126 valence electrons. The van der Waals surface area contributed by atoms with Crippen LogP contribution in [0.1, 0.15) is 30.6 Å². The first-order valence-corrected chi connectivity index (χ1v) is 7.89. The number of fused-ring (bicyclic) bond motifs is 1. The van der Waals surface area contributed by atoms with Crippen LogP contribution in [-0.2, 0) is 4.74 Å². The number of benzene rings is 1. The number of aromatic nitrogens is 3. The zero-order valence-electron chi connectivity index (χ0n) is 13.2. The van der Waals surface area contributed by atoms with Crippen molar-refractivity contribution in [2.45, 2.75) is 25.8 Å². The van der Waals surface area contributed by atoms with Crippen molar-refractivity contribution < 1.29 is 18.1 Å². The Balaban J connectivity index is 1.64. The average molecular weight is 332 g/mol. The molecule has 3 heterocycles. The van der Waals surface area contributed by atoms with E-state index in [0.717, 1.165) is 12.8 Å². The Morgan fingerprint density at radius 2 is 2.08 bits per heavy atom. The summed E-state index contributed by atoms with van der Waals surface area (Å²) in [6, 6.07) is 4.32. The Labute approximate surface area is 137 Å². The Kier molecular flexibility index (Phi) is 3.89. The van der Waals surface area contributed by atoms with Gasteiger partial charge in [-0.3, -0.25) is 0 Å². The summed E-state index contributed by atoms with van der Waals surface area (Å²) in [5.41, 5.74) is 0.983. The molecule has 0 unspecified atom stereocenters. The molecule has 1 saturated heterocycles. The lowest BCUT2D eigenvalue weighted by Crippen LogP contribution is -2.27. The fraction of sp³-hybridized carbons (Fsp3) is 0.438. The van der Waals surface area contributed by atoms with Gasteiger partial charge < -0.3 is 19.0 Å². The molecule has 0 amide bonds. The van der Waals surface area contributed by atoms with E-state index in [1.165, 1.54) is 12.1 Å². The molecular weight excluding hydrogens is 315 g/mol. The molecule has 1 aliphatic heterocycles. The molecule has 8 heteroatoms. The molecular formula is C16H17FN4O3. The van der Waals surface area contributed by atoms with Crippen LogP contribution in [0.5, 0.6) is 0 Å². The van der Waals surface area contributed by atoms with E-state index in [1.54, 1.807) is 13.0 Å². The molecule has 7 nitrogen and oxygen atoms in total. The molecule has 1 atom stereocenters. The highest BCUT2D eigenvalue weighted by atomic mass is 19.1. The molecule has 0 aliphatic carbocycles. The summed E-state index contributed by atoms with van der Waals surface area (Å²) in [6.45, 7) is 3.15. The lowest BCUT2D eigenvalue weighted by molar-refractivity contribution is 0.0568. The summed E-state index contributed by atoms with van der Waals surface area (Å²) in [7, 11) is 0. The van der Waals surface area contributed by atoms with Gasteiger partial charge in [-0.05, 0) is 37.8 Å². The number of halogens is 1. The Hall–Kier alpha value is -2.48. The van der Waals surface area contributed by atoms with Crippen LogP contribution in [0.15, 0.2) is 27.1 Å². The first kappa shape index (κ1) is 15.1. The highest BCUT2D eigenvalue weighted by molar-refractivity contribution is 5.74. The molecule has 0 bridgehead atoms. The van der Waals surface area contributed by atoms with Gasteiger partial charge in [-0.15, -0.1) is 0 Å². The van der Waals surface area contributed by atoms with Crippen LogP contribution in [0.2, 0.25) is 0 Å². The van der Waals surface area contributed by atoms with Crippen molar-refractivity contribution in [3.05, 3.63) is 35.7 Å². The van der Waals surface area contributed by atoms with Crippen LogP contribution in [0.3, 0.4) is 0 Å². The van der Waals surface area contributed by atoms with Crippen molar-refractivity contribution in [3.8, 4) is 0 Å². The summed E-state index contributed by atoms with van der Waals surface area (Å²) in [5.74, 6) is 0.970. The number of hydrogen-bond acceptors (Lipinski definition) is 7. The third-order valence-corrected chi connectivity index (χ3v) is 4.18. The molecule has 0 saturated carbocycles. The van der Waals surface area contributed by atoms with E-state index in [-0.39, 0.29) is 17.8 Å². The third-order valence-electron chi connectivity index (χ3n) is 4.18. The standard InChI is InChI=1S/C16H17FN4O3/c1-9-18-15(24-21-9)14(10-4-6-22-7-5-10)20-16-19-12-8-11(17)2-3-13(12)23-16/h2-3,8,10,14H,4-7H2,1H3,(H,19,20)/t14-/m1/s1. The van der Waals surface area contributed by atoms with Crippen molar-refractivity contribution in [2.75, 3.05) is 18.5 Å². The van der Waals surface area contributed by atoms with E-state index >= 15 is 0 Å². The molecule has 3 aromatic rings. The van der Waals surface area contributed by atoms with Crippen molar-refractivity contribution in [3.63, 3.8) is 0 Å². The second-order valence-corrected chi connectivity index (χ2v) is 5.88. The fourth-order valence-electron chi connectivity index (χ4n) is 2.97. The monoisotopic (exact) mass is 332 g/mol. The highest BCUT2D eigenvalue weighted by Crippen LogP contribution is 2.33. The van der Waals surface area contributed by atoms with Crippen molar-refractivity contribution in [1.82, 2.24) is 15.1 Å². The number of nitrogens with zero attached hydrogens (tertiary/aromatic N) is 3. The maximum atomic E-state index is 13.3. The Morgan fingerprint density at radius 3 is 2.83 bits per heavy atom. The molecule has 24 heavy (non-hydrogen) atoms. The van der Waals surface area contributed by atoms with Crippen LogP contribution < -0.4 is 5.32 Å². The number of anilines is 1. The van der Waals surface area contributed by atoms with E-state index in [0.29, 0.717) is 42.0 Å². The normalized spacial score (nSPS) is 17.2. The van der Waals surface area contributed by atoms with Crippen LogP contribution in [0.25, 0.3) is 11.1 Å². The minimum Gasteiger partial charge on any atom is -0.424 e. The van der Waals surface area contributed by atoms with Gasteiger partial charge in [0.25, 0.3) is 6.01 Å². The van der Waals surface area contributed by atoms with Gasteiger partial charge in [0.05, 0.1) is 0 Å². The van der Waals surface area contributed by atoms with E-state index in [4.69, 9.17) is 13.7 Å². The minimum atomic E-state index is -0.351. The van der Waals surface area contributed by atoms with E-state index in [2.05, 4.69) is 20.4 Å². The van der Waals surface area contributed by atoms with Crippen LogP contribution in [-0.4, -0.2) is 28.3 Å². The van der Waals surface area contributed by atoms with E-state index in [9.17, 15) is 4.39 Å². The zero-order valence-corrected chi connectivity index (χ0v) is 13.2. The number of ether oxygens (including phenoxy) is 1. The van der Waals surface area contributed by atoms with Crippen LogP contribution in [0.4, 0.5) is 10.4 Å². The maximum Gasteiger partial charge on any atom is 0.296 e. The maximum absolute atomic E-state index is 13.3. The second-order valence-electron chi connectivity index (χ2n) is 5.88. The van der Waals surface area contributed by atoms with Gasteiger partial charge in [-0.1, -0.05) is 5.16 Å². The molecule has 2 aromatic heterocycles. The minimum absolute atomic E-state index is 0.229. The summed E-state index contributed by atoms with van der Waals surface area (Å²) < 4.78 is 29.8. The predicted molar refractivity (Wildman–Crippen MR) is 82.9 cm³/mol. The van der Waals surface area contributed by atoms with Gasteiger partial charge in [-0.2, -0.15) is 9.97 Å². The highest BCUT2D eigenvalue weighted by Gasteiger charge is 2.31. The van der Waals surface area contributed by atoms with Crippen molar-refractivity contribution >= 4 is 17.1 Å². The topological polar surface area (TPSA) is 86.2 Å². The van der Waals surface area contributed by atoms with Gasteiger partial charge in [-0.25, -0.2) is 4.39 Å². The molecule has 1 fully saturated rings. The molecule has 1 aromatic carbocycles. The van der Waals surface area contributed by atoms with Gasteiger partial charge in [0.1, 0.15) is 17.4 Å². The molecule has 0 radical (unpaired) electrons. The van der Waals surface area contributed by atoms with Gasteiger partial charge >= 0.3 is 0 Å². The summed E-state index contributed by atoms with van der Waals surface area (Å²) in [4.78, 5) is 8.64. The molecule has 1 aliphatic rings. The number of nitrogens with one attached hydrogen (secondary N) is 1. The Morgan fingerprint density at radius 1 is 1.25 bits per heavy atom. The molecule has 0 spiro atoms. The van der Waals surface area contributed by atoms with Crippen LogP contribution in [0, 0.1) is 18.7 Å². The van der Waals surface area contributed by atoms with Crippen LogP contribution >= 0.6 is 0 Å². The summed E-state index contributed by atoms with van der Waals surface area (Å²) >= 11 is 0. The number of aryl methyl sites for hydroxylation is 1. The number of hydrogen-bond donors (Lipinski definition) is 1. The SMILES string of the molecule is Cc1noc([C@H](Nc2nc3cc(F)ccc3o2)C2CCOCC2)n1. The first-order valence-electron chi connectivity index (χ1n) is 7.89. The molecule has 4 rings (SSSR count). The lowest BCUT2D eigenvalue weighted by Gasteiger charge is -2.27. The number of rotatable bonds is 4. The van der Waals surface area contributed by atoms with E-state index in [1.807, 2.05) is 0 Å². The lowest BCUT2D eigenvalue weighted by atomic mass is 9.91. The van der Waals surface area contributed by atoms with Crippen molar-refractivity contribution in [2.24, 2.45) is 5.92 Å². The summed E-state index contributed by atoms with van der Waals surface area (Å²) in [6.07, 6.45) is 1.74. The molecule has 1 N–H and O–H groups in total. The van der Waals surface area contributed by atoms with Gasteiger partial charge in [0.2, 0.25) is 5.89 Å². The van der Waals surface area contributed by atoms with Crippen molar-refractivity contribution in [1.29, 1.82) is 0 Å². The summed E-state index contributed by atoms with van der Waals surface area (Å²) in [5, 5.41) is 7.11. The first-order chi connectivity index (χ1) is 11.7.